The van der Waals surface area contributed by atoms with Gasteiger partial charge in [-0.3, -0.25) is 4.99 Å². The lowest BCUT2D eigenvalue weighted by molar-refractivity contribution is -0.134. The molecule has 3 heterocycles. The smallest absolute Gasteiger partial charge is 0.296 e. The number of aromatic nitrogens is 3. The zero-order chi connectivity index (χ0) is 26.9. The van der Waals surface area contributed by atoms with Crippen LogP contribution in [0.5, 0.6) is 5.75 Å². The maximum absolute atomic E-state index is 15.0. The van der Waals surface area contributed by atoms with Crippen LogP contribution in [0.25, 0.3) is 26.7 Å². The lowest BCUT2D eigenvalue weighted by atomic mass is 10.0. The van der Waals surface area contributed by atoms with Crippen molar-refractivity contribution >= 4 is 55.7 Å². The van der Waals surface area contributed by atoms with E-state index >= 15 is 8.78 Å². The van der Waals surface area contributed by atoms with Crippen molar-refractivity contribution in [3.05, 3.63) is 53.6 Å². The van der Waals surface area contributed by atoms with Gasteiger partial charge in [0.25, 0.3) is 5.92 Å². The summed E-state index contributed by atoms with van der Waals surface area (Å²) < 4.78 is 42.4. The molecule has 12 heteroatoms. The lowest BCUT2D eigenvalue weighted by Crippen LogP contribution is -2.52. The fourth-order valence-corrected chi connectivity index (χ4v) is 5.19. The van der Waals surface area contributed by atoms with E-state index in [9.17, 15) is 0 Å². The van der Waals surface area contributed by atoms with E-state index in [4.69, 9.17) is 15.2 Å². The number of nitrogens with two attached hydrogens (primary N) is 1. The summed E-state index contributed by atoms with van der Waals surface area (Å²) in [6, 6.07) is 9.17. The van der Waals surface area contributed by atoms with Crippen LogP contribution < -0.4 is 15.8 Å². The largest absolute Gasteiger partial charge is 0.483 e. The van der Waals surface area contributed by atoms with Gasteiger partial charge in [0.15, 0.2) is 12.0 Å². The van der Waals surface area contributed by atoms with E-state index in [0.717, 1.165) is 15.9 Å². The van der Waals surface area contributed by atoms with Crippen LogP contribution in [-0.2, 0) is 4.74 Å². The summed E-state index contributed by atoms with van der Waals surface area (Å²) >= 11 is 1.52. The number of aliphatic imine (C=N–C) groups is 1. The molecule has 0 radical (unpaired) electrons. The van der Waals surface area contributed by atoms with Crippen LogP contribution in [0.4, 0.5) is 20.3 Å². The Labute approximate surface area is 222 Å². The van der Waals surface area contributed by atoms with Crippen molar-refractivity contribution in [2.45, 2.75) is 18.4 Å². The number of ether oxygens (including phenoxy) is 2. The van der Waals surface area contributed by atoms with Gasteiger partial charge < -0.3 is 25.4 Å². The molecule has 0 saturated carbocycles. The zero-order valence-corrected chi connectivity index (χ0v) is 21.9. The van der Waals surface area contributed by atoms with Gasteiger partial charge in [0.1, 0.15) is 17.9 Å². The highest BCUT2D eigenvalue weighted by molar-refractivity contribution is 7.16. The Morgan fingerprint density at radius 3 is 2.84 bits per heavy atom. The number of fused-ring (bicyclic) bond motifs is 2. The maximum Gasteiger partial charge on any atom is 0.296 e. The summed E-state index contributed by atoms with van der Waals surface area (Å²) in [6.45, 7) is 0.0919. The number of alkyl halides is 2. The number of hydrogen-bond donors (Lipinski definition) is 2. The molecule has 2 aromatic carbocycles. The predicted molar refractivity (Wildman–Crippen MR) is 146 cm³/mol. The zero-order valence-electron chi connectivity index (χ0n) is 21.1. The number of hydrogen-bond acceptors (Lipinski definition) is 10. The predicted octanol–water partition coefficient (Wildman–Crippen LogP) is 4.68. The number of methoxy groups -OCH3 is 1. The summed E-state index contributed by atoms with van der Waals surface area (Å²) in [5.74, 6) is -2.30. The van der Waals surface area contributed by atoms with Crippen LogP contribution in [0.3, 0.4) is 0 Å². The van der Waals surface area contributed by atoms with Gasteiger partial charge in [-0.2, -0.15) is 0 Å². The van der Waals surface area contributed by atoms with Crippen LogP contribution >= 0.6 is 11.3 Å². The van der Waals surface area contributed by atoms with Crippen molar-refractivity contribution in [3.63, 3.8) is 0 Å². The number of anilines is 2. The van der Waals surface area contributed by atoms with Gasteiger partial charge in [-0.15, -0.1) is 11.3 Å². The summed E-state index contributed by atoms with van der Waals surface area (Å²) in [7, 11) is 4.72. The number of thiazole rings is 1. The summed E-state index contributed by atoms with van der Waals surface area (Å²) in [4.78, 5) is 18.8. The first-order chi connectivity index (χ1) is 18.3. The molecule has 38 heavy (non-hydrogen) atoms. The second kappa shape index (κ2) is 10.5. The number of rotatable bonds is 7. The van der Waals surface area contributed by atoms with Gasteiger partial charge in [-0.05, 0) is 42.9 Å². The molecule has 1 saturated heterocycles. The number of allylic oxidation sites excluding steroid dienone is 1. The van der Waals surface area contributed by atoms with Crippen molar-refractivity contribution in [3.8, 4) is 5.75 Å². The van der Waals surface area contributed by atoms with Gasteiger partial charge in [0.2, 0.25) is 0 Å². The molecule has 0 spiro atoms. The molecule has 4 aromatic rings. The molecule has 1 atom stereocenters. The molecule has 198 valence electrons. The SMILES string of the molecule is CN=C/C(=C(\N)OC)c1cc(OC2CCN(C)CC2(F)F)c2c(Nc3ccc4ncsc4c3)ncnc2c1. The monoisotopic (exact) mass is 539 g/mol. The molecule has 1 aliphatic rings. The third-order valence-corrected chi connectivity index (χ3v) is 7.14. The van der Waals surface area contributed by atoms with Gasteiger partial charge in [-0.25, -0.2) is 23.7 Å². The van der Waals surface area contributed by atoms with Crippen molar-refractivity contribution in [1.82, 2.24) is 19.9 Å². The topological polar surface area (TPSA) is 111 Å². The Morgan fingerprint density at radius 2 is 2.08 bits per heavy atom. The number of nitrogens with zero attached hydrogens (tertiary/aromatic N) is 5. The van der Waals surface area contributed by atoms with Crippen LogP contribution in [0, 0.1) is 0 Å². The fraction of sp³-hybridized carbons (Fsp3) is 0.308. The maximum atomic E-state index is 15.0. The van der Waals surface area contributed by atoms with Crippen molar-refractivity contribution in [2.24, 2.45) is 10.7 Å². The van der Waals surface area contributed by atoms with Crippen molar-refractivity contribution < 1.29 is 18.3 Å². The first-order valence-corrected chi connectivity index (χ1v) is 12.8. The van der Waals surface area contributed by atoms with Gasteiger partial charge >= 0.3 is 0 Å². The first kappa shape index (κ1) is 25.7. The summed E-state index contributed by atoms with van der Waals surface area (Å²) in [5, 5.41) is 3.78. The van der Waals surface area contributed by atoms with E-state index in [0.29, 0.717) is 34.4 Å². The molecular weight excluding hydrogens is 512 g/mol. The Balaban J connectivity index is 1.65. The van der Waals surface area contributed by atoms with Crippen LogP contribution in [0.2, 0.25) is 0 Å². The number of likely N-dealkylation sites (tertiary alicyclic amines) is 1. The quantitative estimate of drug-likeness (QED) is 0.257. The average molecular weight is 540 g/mol. The van der Waals surface area contributed by atoms with E-state index in [-0.39, 0.29) is 18.1 Å². The Bertz CT molecular complexity index is 1540. The van der Waals surface area contributed by atoms with E-state index in [2.05, 4.69) is 25.3 Å². The normalized spacial score (nSPS) is 18.6. The minimum atomic E-state index is -3.05. The number of halogens is 2. The molecule has 2 aromatic heterocycles. The van der Waals surface area contributed by atoms with Crippen LogP contribution in [0.1, 0.15) is 12.0 Å². The standard InChI is InChI=1S/C26H27F2N7O2S/c1-30-11-17(24(29)36-3)15-8-19-23(20(9-15)37-22-6-7-35(2)12-26(22,27)28)25(32-13-31-19)34-16-4-5-18-21(10-16)38-14-33-18/h4-5,8-11,13-14,22H,6-7,12,29H2,1-3H3,(H,31,32,34)/b24-17-,30-11?. The summed E-state index contributed by atoms with van der Waals surface area (Å²) in [6.07, 6.45) is 1.78. The highest BCUT2D eigenvalue weighted by Crippen LogP contribution is 2.39. The lowest BCUT2D eigenvalue weighted by Gasteiger charge is -2.36. The third kappa shape index (κ3) is 5.09. The van der Waals surface area contributed by atoms with Gasteiger partial charge in [0, 0.05) is 31.9 Å². The molecule has 0 amide bonds. The molecule has 1 unspecified atom stereocenters. The second-order valence-electron chi connectivity index (χ2n) is 9.01. The Kier molecular flexibility index (Phi) is 7.09. The van der Waals surface area contributed by atoms with Crippen molar-refractivity contribution in [1.29, 1.82) is 0 Å². The highest BCUT2D eigenvalue weighted by atomic mass is 32.1. The average Bonchev–Trinajstić information content (AvgIpc) is 3.36. The molecule has 0 aliphatic carbocycles. The third-order valence-electron chi connectivity index (χ3n) is 6.34. The van der Waals surface area contributed by atoms with Crippen LogP contribution in [-0.4, -0.2) is 72.4 Å². The second-order valence-corrected chi connectivity index (χ2v) is 9.90. The molecule has 1 fully saturated rings. The fourth-order valence-electron chi connectivity index (χ4n) is 4.47. The van der Waals surface area contributed by atoms with Gasteiger partial charge in [-0.1, -0.05) is 0 Å². The molecule has 3 N–H and O–H groups in total. The van der Waals surface area contributed by atoms with Crippen LogP contribution in [0.15, 0.2) is 53.0 Å². The van der Waals surface area contributed by atoms with E-state index in [1.807, 2.05) is 18.2 Å². The molecular formula is C26H27F2N7O2S. The minimum Gasteiger partial charge on any atom is -0.483 e. The Hall–Kier alpha value is -3.90. The van der Waals surface area contributed by atoms with E-state index < -0.39 is 18.6 Å². The van der Waals surface area contributed by atoms with Gasteiger partial charge in [0.05, 0.1) is 45.9 Å². The molecule has 1 aliphatic heterocycles. The molecule has 9 nitrogen and oxygen atoms in total. The Morgan fingerprint density at radius 1 is 1.24 bits per heavy atom. The minimum absolute atomic E-state index is 0.121. The van der Waals surface area contributed by atoms with Crippen molar-refractivity contribution in [2.75, 3.05) is 39.6 Å². The number of nitrogens with one attached hydrogen (secondary N) is 1. The molecule has 0 bridgehead atoms. The first-order valence-electron chi connectivity index (χ1n) is 11.9. The summed E-state index contributed by atoms with van der Waals surface area (Å²) in [5.41, 5.74) is 11.0. The number of benzene rings is 2. The number of piperidine rings is 1. The van der Waals surface area contributed by atoms with E-state index in [1.165, 1.54) is 24.8 Å². The molecule has 5 rings (SSSR count). The highest BCUT2D eigenvalue weighted by Gasteiger charge is 2.45. The van der Waals surface area contributed by atoms with E-state index in [1.54, 1.807) is 42.9 Å².